The van der Waals surface area contributed by atoms with Crippen molar-refractivity contribution in [3.8, 4) is 5.75 Å². The molecule has 1 unspecified atom stereocenters. The number of benzene rings is 2. The molecule has 5 nitrogen and oxygen atoms in total. The Kier molecular flexibility index (Phi) is 5.65. The summed E-state index contributed by atoms with van der Waals surface area (Å²) in [7, 11) is 0. The van der Waals surface area contributed by atoms with E-state index in [0.29, 0.717) is 17.0 Å². The van der Waals surface area contributed by atoms with Crippen molar-refractivity contribution in [1.29, 1.82) is 0 Å². The highest BCUT2D eigenvalue weighted by Gasteiger charge is 2.47. The Hall–Kier alpha value is -3.38. The highest BCUT2D eigenvalue weighted by Crippen LogP contribution is 2.43. The summed E-state index contributed by atoms with van der Waals surface area (Å²) < 4.78 is 5.72. The Morgan fingerprint density at radius 2 is 1.84 bits per heavy atom. The zero-order chi connectivity index (χ0) is 22.1. The van der Waals surface area contributed by atoms with Crippen molar-refractivity contribution in [3.63, 3.8) is 0 Å². The molecule has 4 rings (SSSR count). The van der Waals surface area contributed by atoms with Gasteiger partial charge in [0.1, 0.15) is 17.6 Å². The highest BCUT2D eigenvalue weighted by molar-refractivity contribution is 7.10. The van der Waals surface area contributed by atoms with Gasteiger partial charge in [-0.25, -0.2) is 0 Å². The minimum Gasteiger partial charge on any atom is -0.507 e. The number of aryl methyl sites for hydroxylation is 1. The van der Waals surface area contributed by atoms with E-state index in [1.807, 2.05) is 56.5 Å². The summed E-state index contributed by atoms with van der Waals surface area (Å²) in [4.78, 5) is 28.5. The number of ether oxygens (including phenoxy) is 1. The molecule has 2 aromatic carbocycles. The van der Waals surface area contributed by atoms with Gasteiger partial charge in [0.2, 0.25) is 0 Å². The number of ketones is 1. The van der Waals surface area contributed by atoms with Crippen molar-refractivity contribution in [3.05, 3.63) is 87.6 Å². The molecule has 1 aromatic heterocycles. The molecule has 1 aliphatic rings. The van der Waals surface area contributed by atoms with E-state index in [-0.39, 0.29) is 17.4 Å². The first kappa shape index (κ1) is 20.9. The van der Waals surface area contributed by atoms with Gasteiger partial charge in [-0.3, -0.25) is 14.5 Å². The predicted molar refractivity (Wildman–Crippen MR) is 122 cm³/mol. The van der Waals surface area contributed by atoms with Crippen molar-refractivity contribution in [2.45, 2.75) is 32.9 Å². The lowest BCUT2D eigenvalue weighted by atomic mass is 9.99. The topological polar surface area (TPSA) is 66.8 Å². The maximum atomic E-state index is 13.1. The van der Waals surface area contributed by atoms with Gasteiger partial charge < -0.3 is 9.84 Å². The second-order valence-electron chi connectivity index (χ2n) is 7.72. The monoisotopic (exact) mass is 433 g/mol. The van der Waals surface area contributed by atoms with Crippen LogP contribution in [0, 0.1) is 6.92 Å². The lowest BCUT2D eigenvalue weighted by molar-refractivity contribution is -0.132. The molecule has 1 N–H and O–H groups in total. The minimum atomic E-state index is -0.701. The lowest BCUT2D eigenvalue weighted by Crippen LogP contribution is -2.29. The Labute approximate surface area is 185 Å². The number of hydrogen-bond acceptors (Lipinski definition) is 5. The number of carbonyl (C=O) groups excluding carboxylic acids is 2. The molecule has 1 atom stereocenters. The number of thiophene rings is 1. The van der Waals surface area contributed by atoms with Crippen LogP contribution in [0.15, 0.2) is 71.6 Å². The summed E-state index contributed by atoms with van der Waals surface area (Å²) in [6.45, 7) is 5.76. The minimum absolute atomic E-state index is 0.0320. The van der Waals surface area contributed by atoms with Gasteiger partial charge in [0.25, 0.3) is 11.7 Å². The van der Waals surface area contributed by atoms with Gasteiger partial charge in [-0.15, -0.1) is 11.3 Å². The number of anilines is 1. The molecule has 0 bridgehead atoms. The Morgan fingerprint density at radius 1 is 1.06 bits per heavy atom. The number of aliphatic hydroxyl groups is 1. The summed E-state index contributed by atoms with van der Waals surface area (Å²) in [6.07, 6.45) is -0.0320. The van der Waals surface area contributed by atoms with Crippen LogP contribution in [0.25, 0.3) is 5.76 Å². The van der Waals surface area contributed by atoms with Crippen LogP contribution in [0.4, 0.5) is 5.69 Å². The van der Waals surface area contributed by atoms with E-state index >= 15 is 0 Å². The second kappa shape index (κ2) is 8.40. The third kappa shape index (κ3) is 3.99. The Balaban J connectivity index is 1.88. The van der Waals surface area contributed by atoms with Crippen molar-refractivity contribution in [2.75, 3.05) is 4.90 Å². The number of Topliss-reactive ketones (excluding diaryl/α,β-unsaturated/α-hetero) is 1. The van der Waals surface area contributed by atoms with E-state index in [1.54, 1.807) is 30.3 Å². The maximum Gasteiger partial charge on any atom is 0.300 e. The van der Waals surface area contributed by atoms with Crippen molar-refractivity contribution < 1.29 is 19.4 Å². The first-order chi connectivity index (χ1) is 14.9. The summed E-state index contributed by atoms with van der Waals surface area (Å²) in [5.74, 6) is -0.978. The molecule has 1 saturated heterocycles. The van der Waals surface area contributed by atoms with E-state index in [2.05, 4.69) is 0 Å². The smallest absolute Gasteiger partial charge is 0.300 e. The molecule has 2 heterocycles. The normalized spacial score (nSPS) is 18.1. The molecule has 158 valence electrons. The number of hydrogen-bond donors (Lipinski definition) is 1. The molecule has 0 saturated carbocycles. The summed E-state index contributed by atoms with van der Waals surface area (Å²) >= 11 is 1.44. The van der Waals surface area contributed by atoms with E-state index in [0.717, 1.165) is 10.4 Å². The summed E-state index contributed by atoms with van der Waals surface area (Å²) in [5.41, 5.74) is 2.11. The molecule has 0 aliphatic carbocycles. The number of nitrogens with zero attached hydrogens (tertiary/aromatic N) is 1. The molecule has 6 heteroatoms. The van der Waals surface area contributed by atoms with E-state index in [1.165, 1.54) is 16.2 Å². The lowest BCUT2D eigenvalue weighted by Gasteiger charge is -2.24. The SMILES string of the molecule is Cc1cccc(N2C(=O)C(=O)/C(=C(\O)c3cccc(OC(C)C)c3)C2c2cccs2)c1. The molecule has 0 radical (unpaired) electrons. The van der Waals surface area contributed by atoms with Crippen LogP contribution in [0.1, 0.15) is 35.9 Å². The van der Waals surface area contributed by atoms with Crippen LogP contribution < -0.4 is 9.64 Å². The largest absolute Gasteiger partial charge is 0.507 e. The van der Waals surface area contributed by atoms with Gasteiger partial charge in [0, 0.05) is 16.1 Å². The molecule has 3 aromatic rings. The van der Waals surface area contributed by atoms with Crippen molar-refractivity contribution in [1.82, 2.24) is 0 Å². The third-order valence-corrected chi connectivity index (χ3v) is 5.94. The zero-order valence-electron chi connectivity index (χ0n) is 17.5. The molecule has 1 fully saturated rings. The fourth-order valence-corrected chi connectivity index (χ4v) is 4.56. The molecule has 31 heavy (non-hydrogen) atoms. The van der Waals surface area contributed by atoms with Crippen molar-refractivity contribution in [2.24, 2.45) is 0 Å². The molecule has 0 spiro atoms. The number of rotatable bonds is 5. The first-order valence-corrected chi connectivity index (χ1v) is 10.9. The molecule has 1 amide bonds. The van der Waals surface area contributed by atoms with Gasteiger partial charge >= 0.3 is 0 Å². The molecular formula is C25H23NO4S. The van der Waals surface area contributed by atoms with Gasteiger partial charge in [-0.1, -0.05) is 30.3 Å². The Morgan fingerprint density at radius 3 is 2.52 bits per heavy atom. The average molecular weight is 434 g/mol. The second-order valence-corrected chi connectivity index (χ2v) is 8.70. The van der Waals surface area contributed by atoms with E-state index in [9.17, 15) is 14.7 Å². The average Bonchev–Trinajstić information content (AvgIpc) is 3.34. The number of amides is 1. The maximum absolute atomic E-state index is 13.1. The van der Waals surface area contributed by atoms with Crippen LogP contribution >= 0.6 is 11.3 Å². The van der Waals surface area contributed by atoms with Crippen molar-refractivity contribution >= 4 is 34.5 Å². The standard InChI is InChI=1S/C25H23NO4S/c1-15(2)30-19-10-5-8-17(14-19)23(27)21-22(20-11-6-12-31-20)26(25(29)24(21)28)18-9-4-7-16(3)13-18/h4-15,22,27H,1-3H3/b23-21-. The van der Waals surface area contributed by atoms with Gasteiger partial charge in [0.15, 0.2) is 0 Å². The first-order valence-electron chi connectivity index (χ1n) is 10.0. The zero-order valence-corrected chi connectivity index (χ0v) is 18.3. The third-order valence-electron chi connectivity index (χ3n) is 5.02. The highest BCUT2D eigenvalue weighted by atomic mass is 32.1. The van der Waals surface area contributed by atoms with Gasteiger partial charge in [-0.05, 0) is 62.0 Å². The van der Waals surface area contributed by atoms with Crippen LogP contribution in [-0.4, -0.2) is 22.9 Å². The fourth-order valence-electron chi connectivity index (χ4n) is 3.74. The van der Waals surface area contributed by atoms with Crippen LogP contribution in [-0.2, 0) is 9.59 Å². The molecule has 1 aliphatic heterocycles. The number of aliphatic hydroxyl groups excluding tert-OH is 1. The predicted octanol–water partition coefficient (Wildman–Crippen LogP) is 5.47. The number of carbonyl (C=O) groups is 2. The van der Waals surface area contributed by atoms with Gasteiger partial charge in [-0.2, -0.15) is 0 Å². The van der Waals surface area contributed by atoms with Gasteiger partial charge in [0.05, 0.1) is 11.7 Å². The van der Waals surface area contributed by atoms with Crippen LogP contribution in [0.3, 0.4) is 0 Å². The molecular weight excluding hydrogens is 410 g/mol. The van der Waals surface area contributed by atoms with Crippen LogP contribution in [0.2, 0.25) is 0 Å². The Bertz CT molecular complexity index is 1160. The fraction of sp³-hybridized carbons (Fsp3) is 0.200. The quantitative estimate of drug-likeness (QED) is 0.329. The van der Waals surface area contributed by atoms with Crippen LogP contribution in [0.5, 0.6) is 5.75 Å². The van der Waals surface area contributed by atoms with E-state index in [4.69, 9.17) is 4.74 Å². The van der Waals surface area contributed by atoms with E-state index < -0.39 is 17.7 Å². The summed E-state index contributed by atoms with van der Waals surface area (Å²) in [5, 5.41) is 13.1. The summed E-state index contributed by atoms with van der Waals surface area (Å²) in [6, 6.07) is 17.4.